The van der Waals surface area contributed by atoms with E-state index in [1.807, 2.05) is 0 Å². The molecule has 1 heterocycles. The van der Waals surface area contributed by atoms with Gasteiger partial charge in [0.1, 0.15) is 11.6 Å². The van der Waals surface area contributed by atoms with Crippen LogP contribution in [0.1, 0.15) is 11.1 Å². The predicted octanol–water partition coefficient (Wildman–Crippen LogP) is 3.05. The first-order valence-corrected chi connectivity index (χ1v) is 5.65. The van der Waals surface area contributed by atoms with E-state index in [1.54, 1.807) is 19.1 Å². The first-order valence-electron chi connectivity index (χ1n) is 5.65. The first-order chi connectivity index (χ1) is 9.06. The molecule has 19 heavy (non-hydrogen) atoms. The molecule has 1 aromatic heterocycles. The lowest BCUT2D eigenvalue weighted by Gasteiger charge is -2.06. The summed E-state index contributed by atoms with van der Waals surface area (Å²) in [5.74, 6) is 0.120. The number of nitro groups is 1. The van der Waals surface area contributed by atoms with E-state index in [0.29, 0.717) is 17.9 Å². The van der Waals surface area contributed by atoms with Gasteiger partial charge in [-0.05, 0) is 24.6 Å². The number of benzene rings is 1. The van der Waals surface area contributed by atoms with Crippen LogP contribution in [0.3, 0.4) is 0 Å². The molecule has 0 radical (unpaired) electrons. The van der Waals surface area contributed by atoms with Crippen molar-refractivity contribution in [2.75, 3.05) is 5.32 Å². The zero-order valence-corrected chi connectivity index (χ0v) is 10.3. The fourth-order valence-corrected chi connectivity index (χ4v) is 1.60. The molecule has 0 aliphatic heterocycles. The third-order valence-electron chi connectivity index (χ3n) is 2.66. The van der Waals surface area contributed by atoms with Crippen LogP contribution in [-0.4, -0.2) is 9.91 Å². The lowest BCUT2D eigenvalue weighted by Crippen LogP contribution is -2.03. The van der Waals surface area contributed by atoms with Crippen LogP contribution >= 0.6 is 0 Å². The standard InChI is InChI=1S/C13H12FN3O2/c1-9-7-15-13(6-12(9)17(18)19)16-8-10-2-4-11(14)5-3-10/h2-7H,8H2,1H3,(H,15,16). The third-order valence-corrected chi connectivity index (χ3v) is 2.66. The highest BCUT2D eigenvalue weighted by molar-refractivity contribution is 5.49. The van der Waals surface area contributed by atoms with E-state index in [9.17, 15) is 14.5 Å². The van der Waals surface area contributed by atoms with Crippen LogP contribution in [0.2, 0.25) is 0 Å². The molecule has 0 bridgehead atoms. The van der Waals surface area contributed by atoms with Crippen LogP contribution in [0.25, 0.3) is 0 Å². The van der Waals surface area contributed by atoms with Crippen molar-refractivity contribution < 1.29 is 9.31 Å². The van der Waals surface area contributed by atoms with Gasteiger partial charge in [-0.1, -0.05) is 12.1 Å². The molecule has 0 saturated carbocycles. The van der Waals surface area contributed by atoms with Crippen molar-refractivity contribution in [1.82, 2.24) is 4.98 Å². The summed E-state index contributed by atoms with van der Waals surface area (Å²) in [7, 11) is 0. The fraction of sp³-hybridized carbons (Fsp3) is 0.154. The molecule has 6 heteroatoms. The molecular weight excluding hydrogens is 249 g/mol. The molecule has 5 nitrogen and oxygen atoms in total. The third kappa shape index (κ3) is 3.25. The van der Waals surface area contributed by atoms with Crippen molar-refractivity contribution in [3.63, 3.8) is 0 Å². The molecule has 0 unspecified atom stereocenters. The normalized spacial score (nSPS) is 10.2. The molecule has 0 fully saturated rings. The van der Waals surface area contributed by atoms with E-state index >= 15 is 0 Å². The summed E-state index contributed by atoms with van der Waals surface area (Å²) in [5, 5.41) is 13.8. The zero-order chi connectivity index (χ0) is 13.8. The Morgan fingerprint density at radius 1 is 1.37 bits per heavy atom. The second-order valence-electron chi connectivity index (χ2n) is 4.09. The Morgan fingerprint density at radius 3 is 2.68 bits per heavy atom. The number of nitrogens with zero attached hydrogens (tertiary/aromatic N) is 2. The van der Waals surface area contributed by atoms with Crippen LogP contribution in [0.5, 0.6) is 0 Å². The van der Waals surface area contributed by atoms with Crippen molar-refractivity contribution in [1.29, 1.82) is 0 Å². The number of halogens is 1. The van der Waals surface area contributed by atoms with Crippen molar-refractivity contribution >= 4 is 11.5 Å². The lowest BCUT2D eigenvalue weighted by molar-refractivity contribution is -0.385. The number of pyridine rings is 1. The average Bonchev–Trinajstić information content (AvgIpc) is 2.39. The van der Waals surface area contributed by atoms with E-state index in [-0.39, 0.29) is 11.5 Å². The summed E-state index contributed by atoms with van der Waals surface area (Å²) in [4.78, 5) is 14.4. The van der Waals surface area contributed by atoms with Crippen molar-refractivity contribution in [2.45, 2.75) is 13.5 Å². The van der Waals surface area contributed by atoms with Gasteiger partial charge in [0.05, 0.1) is 11.0 Å². The Kier molecular flexibility index (Phi) is 3.70. The van der Waals surface area contributed by atoms with Gasteiger partial charge in [0.15, 0.2) is 0 Å². The number of hydrogen-bond donors (Lipinski definition) is 1. The van der Waals surface area contributed by atoms with Gasteiger partial charge in [0, 0.05) is 18.3 Å². The van der Waals surface area contributed by atoms with Gasteiger partial charge in [-0.3, -0.25) is 10.1 Å². The highest BCUT2D eigenvalue weighted by Gasteiger charge is 2.11. The van der Waals surface area contributed by atoms with Gasteiger partial charge in [-0.2, -0.15) is 0 Å². The number of aryl methyl sites for hydroxylation is 1. The van der Waals surface area contributed by atoms with Gasteiger partial charge in [0.2, 0.25) is 0 Å². The second-order valence-corrected chi connectivity index (χ2v) is 4.09. The zero-order valence-electron chi connectivity index (χ0n) is 10.3. The quantitative estimate of drug-likeness (QED) is 0.678. The van der Waals surface area contributed by atoms with Gasteiger partial charge in [-0.15, -0.1) is 0 Å². The summed E-state index contributed by atoms with van der Waals surface area (Å²) < 4.78 is 12.7. The molecule has 0 amide bonds. The second kappa shape index (κ2) is 5.43. The number of anilines is 1. The van der Waals surface area contributed by atoms with Gasteiger partial charge < -0.3 is 5.32 Å². The molecule has 1 N–H and O–H groups in total. The highest BCUT2D eigenvalue weighted by Crippen LogP contribution is 2.20. The maximum absolute atomic E-state index is 12.7. The summed E-state index contributed by atoms with van der Waals surface area (Å²) in [5.41, 5.74) is 1.40. The molecule has 0 spiro atoms. The Balaban J connectivity index is 2.09. The van der Waals surface area contributed by atoms with Crippen LogP contribution in [0.15, 0.2) is 36.5 Å². The topological polar surface area (TPSA) is 68.1 Å². The van der Waals surface area contributed by atoms with E-state index in [2.05, 4.69) is 10.3 Å². The number of hydrogen-bond acceptors (Lipinski definition) is 4. The monoisotopic (exact) mass is 261 g/mol. The van der Waals surface area contributed by atoms with Crippen molar-refractivity contribution in [3.05, 3.63) is 63.6 Å². The molecule has 0 aliphatic carbocycles. The Labute approximate surface area is 109 Å². The van der Waals surface area contributed by atoms with Gasteiger partial charge in [-0.25, -0.2) is 9.37 Å². The van der Waals surface area contributed by atoms with E-state index < -0.39 is 4.92 Å². The SMILES string of the molecule is Cc1cnc(NCc2ccc(F)cc2)cc1[N+](=O)[O-]. The smallest absolute Gasteiger partial charge is 0.277 e. The number of rotatable bonds is 4. The lowest BCUT2D eigenvalue weighted by atomic mass is 10.2. The molecule has 1 aromatic carbocycles. The van der Waals surface area contributed by atoms with Gasteiger partial charge >= 0.3 is 0 Å². The predicted molar refractivity (Wildman–Crippen MR) is 69.4 cm³/mol. The molecule has 2 rings (SSSR count). The minimum absolute atomic E-state index is 0.0246. The van der Waals surface area contributed by atoms with Crippen molar-refractivity contribution in [2.24, 2.45) is 0 Å². The molecule has 0 aliphatic rings. The van der Waals surface area contributed by atoms with Gasteiger partial charge in [0.25, 0.3) is 5.69 Å². The molecule has 2 aromatic rings. The summed E-state index contributed by atoms with van der Waals surface area (Å²) in [6.45, 7) is 2.06. The first kappa shape index (κ1) is 12.9. The minimum Gasteiger partial charge on any atom is -0.366 e. The maximum atomic E-state index is 12.7. The van der Waals surface area contributed by atoms with E-state index in [4.69, 9.17) is 0 Å². The fourth-order valence-electron chi connectivity index (χ4n) is 1.60. The minimum atomic E-state index is -0.444. The van der Waals surface area contributed by atoms with E-state index in [1.165, 1.54) is 24.4 Å². The largest absolute Gasteiger partial charge is 0.366 e. The Bertz CT molecular complexity index is 599. The molecule has 0 saturated heterocycles. The number of nitrogens with one attached hydrogen (secondary N) is 1. The van der Waals surface area contributed by atoms with Crippen LogP contribution in [0, 0.1) is 22.9 Å². The maximum Gasteiger partial charge on any atom is 0.277 e. The molecular formula is C13H12FN3O2. The molecule has 98 valence electrons. The summed E-state index contributed by atoms with van der Waals surface area (Å²) in [6, 6.07) is 7.40. The van der Waals surface area contributed by atoms with Crippen LogP contribution in [0.4, 0.5) is 15.9 Å². The van der Waals surface area contributed by atoms with E-state index in [0.717, 1.165) is 5.56 Å². The summed E-state index contributed by atoms with van der Waals surface area (Å²) in [6.07, 6.45) is 1.45. The summed E-state index contributed by atoms with van der Waals surface area (Å²) >= 11 is 0. The van der Waals surface area contributed by atoms with Crippen LogP contribution in [-0.2, 0) is 6.54 Å². The van der Waals surface area contributed by atoms with Crippen molar-refractivity contribution in [3.8, 4) is 0 Å². The highest BCUT2D eigenvalue weighted by atomic mass is 19.1. The Morgan fingerprint density at radius 2 is 2.05 bits per heavy atom. The van der Waals surface area contributed by atoms with Crippen LogP contribution < -0.4 is 5.32 Å². The number of aromatic nitrogens is 1. The average molecular weight is 261 g/mol. The Hall–Kier alpha value is -2.50. The molecule has 0 atom stereocenters.